The van der Waals surface area contributed by atoms with E-state index in [1.807, 2.05) is 0 Å². The average Bonchev–Trinajstić information content (AvgIpc) is 1.99. The molecule has 0 amide bonds. The van der Waals surface area contributed by atoms with Crippen LogP contribution in [0.3, 0.4) is 0 Å². The van der Waals surface area contributed by atoms with Gasteiger partial charge >= 0.3 is 5.97 Å². The van der Waals surface area contributed by atoms with E-state index in [1.54, 1.807) is 0 Å². The van der Waals surface area contributed by atoms with E-state index in [2.05, 4.69) is 0 Å². The molecule has 0 aliphatic heterocycles. The third kappa shape index (κ3) is 2.77. The van der Waals surface area contributed by atoms with Gasteiger partial charge in [-0.15, -0.1) is 0 Å². The van der Waals surface area contributed by atoms with Crippen LogP contribution in [0, 0.1) is 0 Å². The predicted octanol–water partition coefficient (Wildman–Crippen LogP) is -1.70. The van der Waals surface area contributed by atoms with E-state index in [-0.39, 0.29) is 6.42 Å². The Balaban J connectivity index is 4.28. The van der Waals surface area contributed by atoms with Gasteiger partial charge in [-0.05, 0) is 0 Å². The predicted molar refractivity (Wildman–Crippen MR) is 35.1 cm³/mol. The minimum Gasteiger partial charge on any atom is -0.475 e. The summed E-state index contributed by atoms with van der Waals surface area (Å²) in [5.74, 6) is -6.61. The molecule has 0 bridgehead atoms. The van der Waals surface area contributed by atoms with E-state index in [4.69, 9.17) is 15.3 Å². The summed E-state index contributed by atoms with van der Waals surface area (Å²) in [6, 6.07) is 0. The lowest BCUT2D eigenvalue weighted by atomic mass is 10.1. The van der Waals surface area contributed by atoms with Gasteiger partial charge in [-0.2, -0.15) is 0 Å². The smallest absolute Gasteiger partial charge is 0.378 e. The zero-order valence-corrected chi connectivity index (χ0v) is 6.06. The van der Waals surface area contributed by atoms with E-state index >= 15 is 0 Å². The van der Waals surface area contributed by atoms with Gasteiger partial charge in [0.15, 0.2) is 0 Å². The molecule has 0 saturated heterocycles. The Bertz CT molecular complexity index is 206. The molecule has 12 heavy (non-hydrogen) atoms. The van der Waals surface area contributed by atoms with Gasteiger partial charge in [0.2, 0.25) is 5.79 Å². The number of aliphatic carboxylic acids is 1. The number of aliphatic hydroxyl groups is 2. The van der Waals surface area contributed by atoms with Crippen molar-refractivity contribution >= 4 is 18.0 Å². The van der Waals surface area contributed by atoms with Crippen molar-refractivity contribution in [1.82, 2.24) is 0 Å². The maximum atomic E-state index is 10.5. The van der Waals surface area contributed by atoms with Gasteiger partial charge in [0.1, 0.15) is 6.29 Å². The lowest BCUT2D eigenvalue weighted by molar-refractivity contribution is -0.191. The van der Waals surface area contributed by atoms with Crippen LogP contribution in [0.4, 0.5) is 0 Å². The minimum absolute atomic E-state index is 0.286. The van der Waals surface area contributed by atoms with Crippen LogP contribution < -0.4 is 0 Å². The third-order valence-electron chi connectivity index (χ3n) is 1.17. The summed E-state index contributed by atoms with van der Waals surface area (Å²) < 4.78 is 0. The number of rotatable bonds is 5. The summed E-state index contributed by atoms with van der Waals surface area (Å²) in [4.78, 5) is 30.2. The van der Waals surface area contributed by atoms with Crippen molar-refractivity contribution in [1.29, 1.82) is 0 Å². The molecule has 68 valence electrons. The van der Waals surface area contributed by atoms with Crippen molar-refractivity contribution in [3.8, 4) is 0 Å². The molecule has 3 N–H and O–H groups in total. The van der Waals surface area contributed by atoms with Gasteiger partial charge in [-0.1, -0.05) is 0 Å². The van der Waals surface area contributed by atoms with Crippen molar-refractivity contribution < 1.29 is 29.7 Å². The van der Waals surface area contributed by atoms with Gasteiger partial charge in [0.05, 0.1) is 0 Å². The highest BCUT2D eigenvalue weighted by Gasteiger charge is 2.37. The summed E-state index contributed by atoms with van der Waals surface area (Å²) in [5, 5.41) is 25.6. The Morgan fingerprint density at radius 2 is 1.83 bits per heavy atom. The second kappa shape index (κ2) is 3.93. The van der Waals surface area contributed by atoms with Gasteiger partial charge in [0, 0.05) is 12.8 Å². The Morgan fingerprint density at radius 3 is 2.17 bits per heavy atom. The molecule has 0 heterocycles. The number of carboxylic acid groups (broad SMARTS) is 1. The molecule has 0 aromatic rings. The zero-order chi connectivity index (χ0) is 9.78. The van der Waals surface area contributed by atoms with Crippen LogP contribution in [0.5, 0.6) is 0 Å². The van der Waals surface area contributed by atoms with Crippen LogP contribution in [0.2, 0.25) is 0 Å². The molecule has 0 aliphatic rings. The topological polar surface area (TPSA) is 112 Å². The van der Waals surface area contributed by atoms with Gasteiger partial charge in [-0.3, -0.25) is 4.79 Å². The van der Waals surface area contributed by atoms with Crippen molar-refractivity contribution in [2.45, 2.75) is 18.6 Å². The van der Waals surface area contributed by atoms with Crippen LogP contribution in [-0.2, 0) is 14.4 Å². The fraction of sp³-hybridized carbons (Fsp3) is 0.500. The maximum Gasteiger partial charge on any atom is 0.378 e. The zero-order valence-electron chi connectivity index (χ0n) is 6.06. The minimum atomic E-state index is -2.94. The summed E-state index contributed by atoms with van der Waals surface area (Å²) in [7, 11) is 0. The summed E-state index contributed by atoms with van der Waals surface area (Å²) in [6.07, 6.45) is -0.538. The molecule has 0 saturated carbocycles. The molecule has 0 aromatic carbocycles. The van der Waals surface area contributed by atoms with Crippen molar-refractivity contribution in [3.63, 3.8) is 0 Å². The first-order valence-electron chi connectivity index (χ1n) is 3.08. The lowest BCUT2D eigenvalue weighted by Gasteiger charge is -2.15. The summed E-state index contributed by atoms with van der Waals surface area (Å²) >= 11 is 0. The van der Waals surface area contributed by atoms with Crippen LogP contribution in [0.15, 0.2) is 0 Å². The number of hydrogen-bond acceptors (Lipinski definition) is 5. The first kappa shape index (κ1) is 10.7. The number of carboxylic acids is 1. The molecule has 0 fully saturated rings. The quantitative estimate of drug-likeness (QED) is 0.261. The van der Waals surface area contributed by atoms with Crippen molar-refractivity contribution in [2.75, 3.05) is 0 Å². The second-order valence-corrected chi connectivity index (χ2v) is 2.16. The van der Waals surface area contributed by atoms with Crippen LogP contribution >= 0.6 is 0 Å². The van der Waals surface area contributed by atoms with E-state index in [1.165, 1.54) is 0 Å². The van der Waals surface area contributed by atoms with Crippen LogP contribution in [0.25, 0.3) is 0 Å². The Morgan fingerprint density at radius 1 is 1.33 bits per heavy atom. The van der Waals surface area contributed by atoms with Crippen LogP contribution in [-0.4, -0.2) is 39.1 Å². The highest BCUT2D eigenvalue weighted by atomic mass is 16.5. The normalized spacial score (nSPS) is 10.8. The maximum absolute atomic E-state index is 10.5. The lowest BCUT2D eigenvalue weighted by Crippen LogP contribution is -2.42. The standard InChI is InChI=1S/C6H8O6/c7-3-1-2-6(11,12)4(8)5(9)10/h3,11-12H,1-2H2,(H,9,10). The highest BCUT2D eigenvalue weighted by Crippen LogP contribution is 2.09. The SMILES string of the molecule is O=CCCC(O)(O)C(=O)C(=O)O. The molecular weight excluding hydrogens is 168 g/mol. The Kier molecular flexibility index (Phi) is 3.52. The van der Waals surface area contributed by atoms with Gasteiger partial charge in [0.25, 0.3) is 5.78 Å². The van der Waals surface area contributed by atoms with E-state index in [0.29, 0.717) is 6.29 Å². The van der Waals surface area contributed by atoms with E-state index in [9.17, 15) is 14.4 Å². The van der Waals surface area contributed by atoms with E-state index in [0.717, 1.165) is 0 Å². The molecule has 0 aromatic heterocycles. The molecule has 0 spiro atoms. The first-order valence-corrected chi connectivity index (χ1v) is 3.08. The molecule has 0 radical (unpaired) electrons. The highest BCUT2D eigenvalue weighted by molar-refractivity contribution is 6.35. The number of carbonyl (C=O) groups excluding carboxylic acids is 2. The summed E-state index contributed by atoms with van der Waals surface area (Å²) in [5.41, 5.74) is 0. The molecule has 0 unspecified atom stereocenters. The molecule has 6 heteroatoms. The molecule has 0 rings (SSSR count). The van der Waals surface area contributed by atoms with Crippen molar-refractivity contribution in [2.24, 2.45) is 0 Å². The van der Waals surface area contributed by atoms with Gasteiger partial charge in [-0.25, -0.2) is 4.79 Å². The second-order valence-electron chi connectivity index (χ2n) is 2.16. The number of aldehydes is 1. The van der Waals surface area contributed by atoms with Gasteiger partial charge < -0.3 is 20.1 Å². The fourth-order valence-corrected chi connectivity index (χ4v) is 0.545. The monoisotopic (exact) mass is 176 g/mol. The number of carbonyl (C=O) groups is 3. The van der Waals surface area contributed by atoms with E-state index < -0.39 is 24.0 Å². The molecular formula is C6H8O6. The largest absolute Gasteiger partial charge is 0.475 e. The Hall–Kier alpha value is -1.27. The molecule has 6 nitrogen and oxygen atoms in total. The number of ketones is 1. The first-order chi connectivity index (χ1) is 5.41. The Labute approximate surface area is 67.4 Å². The van der Waals surface area contributed by atoms with Crippen LogP contribution in [0.1, 0.15) is 12.8 Å². The number of Topliss-reactive ketones (excluding diaryl/α,β-unsaturated/α-hetero) is 1. The molecule has 0 aliphatic carbocycles. The summed E-state index contributed by atoms with van der Waals surface area (Å²) in [6.45, 7) is 0. The fourth-order valence-electron chi connectivity index (χ4n) is 0.545. The number of hydrogen-bond donors (Lipinski definition) is 3. The van der Waals surface area contributed by atoms with Crippen molar-refractivity contribution in [3.05, 3.63) is 0 Å². The molecule has 0 atom stereocenters. The average molecular weight is 176 g/mol. The third-order valence-corrected chi connectivity index (χ3v) is 1.17.